The van der Waals surface area contributed by atoms with Crippen LogP contribution < -0.4 is 4.74 Å². The molecule has 0 fully saturated rings. The lowest BCUT2D eigenvalue weighted by Crippen LogP contribution is -2.09. The van der Waals surface area contributed by atoms with Gasteiger partial charge in [0.1, 0.15) is 11.6 Å². The maximum absolute atomic E-state index is 13.7. The average molecular weight is 289 g/mol. The van der Waals surface area contributed by atoms with E-state index in [9.17, 15) is 13.2 Å². The van der Waals surface area contributed by atoms with Crippen molar-refractivity contribution >= 4 is 11.6 Å². The van der Waals surface area contributed by atoms with Crippen LogP contribution in [0.5, 0.6) is 5.75 Å². The fourth-order valence-electron chi connectivity index (χ4n) is 1.47. The highest BCUT2D eigenvalue weighted by atomic mass is 35.5. The predicted octanol–water partition coefficient (Wildman–Crippen LogP) is 3.58. The first-order chi connectivity index (χ1) is 8.91. The largest absolute Gasteiger partial charge is 0.497 e. The number of methoxy groups -OCH3 is 1. The topological polar surface area (TPSA) is 35.0 Å². The van der Waals surface area contributed by atoms with Crippen LogP contribution >= 0.6 is 11.6 Å². The first-order valence-corrected chi connectivity index (χ1v) is 5.53. The second-order valence-corrected chi connectivity index (χ2v) is 4.11. The minimum absolute atomic E-state index is 0.185. The molecule has 0 N–H and O–H groups in total. The Morgan fingerprint density at radius 1 is 1.21 bits per heavy atom. The molecule has 3 nitrogen and oxygen atoms in total. The number of nitrogens with zero attached hydrogens (tertiary/aromatic N) is 2. The SMILES string of the molecule is COc1ccc(-c2cnc(C(F)(F)Cl)nc2)c(F)c1. The van der Waals surface area contributed by atoms with Crippen LogP contribution in [0.25, 0.3) is 11.1 Å². The maximum Gasteiger partial charge on any atom is 0.381 e. The molecule has 0 aliphatic carbocycles. The molecule has 0 aliphatic rings. The van der Waals surface area contributed by atoms with E-state index in [0.29, 0.717) is 5.75 Å². The maximum atomic E-state index is 13.7. The van der Waals surface area contributed by atoms with Crippen molar-refractivity contribution in [3.05, 3.63) is 42.2 Å². The van der Waals surface area contributed by atoms with Crippen molar-refractivity contribution in [1.29, 1.82) is 0 Å². The van der Waals surface area contributed by atoms with Crippen LogP contribution in [-0.2, 0) is 5.38 Å². The third-order valence-electron chi connectivity index (χ3n) is 2.39. The number of hydrogen-bond acceptors (Lipinski definition) is 3. The molecule has 0 atom stereocenters. The Morgan fingerprint density at radius 3 is 2.32 bits per heavy atom. The normalized spacial score (nSPS) is 11.4. The number of benzene rings is 1. The van der Waals surface area contributed by atoms with Gasteiger partial charge in [-0.3, -0.25) is 0 Å². The van der Waals surface area contributed by atoms with Gasteiger partial charge in [-0.15, -0.1) is 0 Å². The fourth-order valence-corrected chi connectivity index (χ4v) is 1.57. The van der Waals surface area contributed by atoms with Crippen molar-refractivity contribution in [3.63, 3.8) is 0 Å². The molecule has 1 heterocycles. The zero-order valence-corrected chi connectivity index (χ0v) is 10.5. The van der Waals surface area contributed by atoms with Crippen LogP contribution in [0.15, 0.2) is 30.6 Å². The van der Waals surface area contributed by atoms with Gasteiger partial charge >= 0.3 is 5.38 Å². The van der Waals surface area contributed by atoms with Crippen molar-refractivity contribution in [2.24, 2.45) is 0 Å². The number of alkyl halides is 3. The molecule has 1 aromatic carbocycles. The van der Waals surface area contributed by atoms with Crippen LogP contribution in [0.3, 0.4) is 0 Å². The number of aromatic nitrogens is 2. The highest BCUT2D eigenvalue weighted by molar-refractivity contribution is 6.21. The zero-order chi connectivity index (χ0) is 14.0. The van der Waals surface area contributed by atoms with E-state index < -0.39 is 17.0 Å². The van der Waals surface area contributed by atoms with Gasteiger partial charge in [0.05, 0.1) is 7.11 Å². The van der Waals surface area contributed by atoms with Gasteiger partial charge in [0.2, 0.25) is 5.82 Å². The van der Waals surface area contributed by atoms with E-state index in [-0.39, 0.29) is 11.1 Å². The van der Waals surface area contributed by atoms with E-state index in [1.54, 1.807) is 6.07 Å². The van der Waals surface area contributed by atoms with Gasteiger partial charge in [-0.1, -0.05) is 0 Å². The summed E-state index contributed by atoms with van der Waals surface area (Å²) in [6.45, 7) is 0. The van der Waals surface area contributed by atoms with Crippen molar-refractivity contribution in [3.8, 4) is 16.9 Å². The van der Waals surface area contributed by atoms with Crippen LogP contribution in [0, 0.1) is 5.82 Å². The minimum Gasteiger partial charge on any atom is -0.497 e. The Bertz CT molecular complexity index is 585. The Morgan fingerprint density at radius 2 is 1.84 bits per heavy atom. The van der Waals surface area contributed by atoms with E-state index in [2.05, 4.69) is 9.97 Å². The van der Waals surface area contributed by atoms with E-state index in [0.717, 1.165) is 12.4 Å². The van der Waals surface area contributed by atoms with Crippen molar-refractivity contribution in [2.45, 2.75) is 5.38 Å². The third-order valence-corrected chi connectivity index (χ3v) is 2.56. The van der Waals surface area contributed by atoms with Gasteiger partial charge in [0.15, 0.2) is 0 Å². The molecule has 100 valence electrons. The lowest BCUT2D eigenvalue weighted by molar-refractivity contribution is 0.0844. The standard InChI is InChI=1S/C12H8ClF3N2O/c1-19-8-2-3-9(10(14)4-8)7-5-17-11(18-6-7)12(13,15)16/h2-6H,1H3. The van der Waals surface area contributed by atoms with Gasteiger partial charge in [-0.05, 0) is 23.7 Å². The lowest BCUT2D eigenvalue weighted by atomic mass is 10.1. The Balaban J connectivity index is 2.37. The van der Waals surface area contributed by atoms with E-state index in [1.165, 1.54) is 19.2 Å². The van der Waals surface area contributed by atoms with Crippen LogP contribution in [-0.4, -0.2) is 17.1 Å². The van der Waals surface area contributed by atoms with Crippen LogP contribution in [0.1, 0.15) is 5.82 Å². The summed E-state index contributed by atoms with van der Waals surface area (Å²) in [4.78, 5) is 6.84. The monoisotopic (exact) mass is 288 g/mol. The number of halogens is 4. The van der Waals surface area contributed by atoms with Gasteiger partial charge in [0, 0.05) is 29.6 Å². The summed E-state index contributed by atoms with van der Waals surface area (Å²) in [7, 11) is 1.41. The van der Waals surface area contributed by atoms with Crippen LogP contribution in [0.2, 0.25) is 0 Å². The van der Waals surface area contributed by atoms with E-state index in [4.69, 9.17) is 16.3 Å². The Labute approximate surface area is 112 Å². The molecular formula is C12H8ClF3N2O. The van der Waals surface area contributed by atoms with Gasteiger partial charge < -0.3 is 4.74 Å². The molecule has 0 aliphatic heterocycles. The number of ether oxygens (including phenoxy) is 1. The van der Waals surface area contributed by atoms with Gasteiger partial charge in [-0.2, -0.15) is 8.78 Å². The van der Waals surface area contributed by atoms with Gasteiger partial charge in [0.25, 0.3) is 0 Å². The average Bonchev–Trinajstić information content (AvgIpc) is 2.37. The van der Waals surface area contributed by atoms with Crippen molar-refractivity contribution in [2.75, 3.05) is 7.11 Å². The number of hydrogen-bond donors (Lipinski definition) is 0. The molecule has 2 rings (SSSR count). The molecule has 0 unspecified atom stereocenters. The highest BCUT2D eigenvalue weighted by Gasteiger charge is 2.31. The summed E-state index contributed by atoms with van der Waals surface area (Å²) in [6, 6.07) is 4.17. The summed E-state index contributed by atoms with van der Waals surface area (Å²) in [5.41, 5.74) is 0.454. The Hall–Kier alpha value is -1.82. The Kier molecular flexibility index (Phi) is 3.61. The van der Waals surface area contributed by atoms with Crippen molar-refractivity contribution < 1.29 is 17.9 Å². The molecule has 0 saturated heterocycles. The molecule has 2 aromatic rings. The molecule has 0 saturated carbocycles. The first kappa shape index (κ1) is 13.6. The molecular weight excluding hydrogens is 281 g/mol. The molecule has 0 radical (unpaired) electrons. The lowest BCUT2D eigenvalue weighted by Gasteiger charge is -2.08. The van der Waals surface area contributed by atoms with Crippen LogP contribution in [0.4, 0.5) is 13.2 Å². The van der Waals surface area contributed by atoms with Gasteiger partial charge in [-0.25, -0.2) is 14.4 Å². The second kappa shape index (κ2) is 5.05. The summed E-state index contributed by atoms with van der Waals surface area (Å²) in [5, 5.41) is -3.64. The van der Waals surface area contributed by atoms with E-state index >= 15 is 0 Å². The minimum atomic E-state index is -3.64. The molecule has 1 aromatic heterocycles. The summed E-state index contributed by atoms with van der Waals surface area (Å²) >= 11 is 4.78. The summed E-state index contributed by atoms with van der Waals surface area (Å²) in [5.74, 6) is -1.04. The zero-order valence-electron chi connectivity index (χ0n) is 9.70. The van der Waals surface area contributed by atoms with Crippen molar-refractivity contribution in [1.82, 2.24) is 9.97 Å². The smallest absolute Gasteiger partial charge is 0.381 e. The third kappa shape index (κ3) is 2.96. The molecule has 0 spiro atoms. The first-order valence-electron chi connectivity index (χ1n) is 5.15. The predicted molar refractivity (Wildman–Crippen MR) is 63.7 cm³/mol. The molecule has 0 bridgehead atoms. The highest BCUT2D eigenvalue weighted by Crippen LogP contribution is 2.30. The van der Waals surface area contributed by atoms with E-state index in [1.807, 2.05) is 0 Å². The molecule has 0 amide bonds. The molecule has 7 heteroatoms. The molecule has 19 heavy (non-hydrogen) atoms. The summed E-state index contributed by atoms with van der Waals surface area (Å²) in [6.07, 6.45) is 2.17. The number of rotatable bonds is 3. The quantitative estimate of drug-likeness (QED) is 0.810. The summed E-state index contributed by atoms with van der Waals surface area (Å²) < 4.78 is 44.0. The fraction of sp³-hybridized carbons (Fsp3) is 0.167. The second-order valence-electron chi connectivity index (χ2n) is 3.64.